The molecule has 8 nitrogen and oxygen atoms in total. The number of ether oxygens (including phenoxy) is 1. The zero-order chi connectivity index (χ0) is 21.9. The van der Waals surface area contributed by atoms with Crippen molar-refractivity contribution in [1.29, 1.82) is 0 Å². The lowest BCUT2D eigenvalue weighted by molar-refractivity contribution is 0.0526. The SMILES string of the molecule is CCOC(=O)c1ccc(NC(=O)c2cc(S(=O)(=O)N3CCC[C@@H](C)C3)cn2C)cc1. The summed E-state index contributed by atoms with van der Waals surface area (Å²) in [4.78, 5) is 24.5. The van der Waals surface area contributed by atoms with Crippen LogP contribution < -0.4 is 5.32 Å². The molecule has 1 atom stereocenters. The number of amides is 1. The molecule has 1 aliphatic rings. The molecule has 0 unspecified atom stereocenters. The second kappa shape index (κ2) is 9.01. The van der Waals surface area contributed by atoms with Gasteiger partial charge in [-0.05, 0) is 56.0 Å². The summed E-state index contributed by atoms with van der Waals surface area (Å²) in [6.07, 6.45) is 3.32. The van der Waals surface area contributed by atoms with Gasteiger partial charge in [0.25, 0.3) is 5.91 Å². The maximum absolute atomic E-state index is 13.0. The molecule has 0 aliphatic carbocycles. The Labute approximate surface area is 176 Å². The average Bonchev–Trinajstić information content (AvgIpc) is 3.11. The molecule has 3 rings (SSSR count). The third-order valence-corrected chi connectivity index (χ3v) is 6.95. The van der Waals surface area contributed by atoms with Gasteiger partial charge in [0, 0.05) is 32.0 Å². The Hall–Kier alpha value is -2.65. The number of rotatable bonds is 6. The standard InChI is InChI=1S/C21H27N3O5S/c1-4-29-21(26)16-7-9-17(10-8-16)22-20(25)19-12-18(14-23(19)3)30(27,28)24-11-5-6-15(2)13-24/h7-10,12,14-15H,4-6,11,13H2,1-3H3,(H,22,25)/t15-/m1/s1. The zero-order valence-corrected chi connectivity index (χ0v) is 18.2. The number of anilines is 1. The molecule has 0 saturated carbocycles. The third-order valence-electron chi connectivity index (χ3n) is 5.12. The number of carbonyl (C=O) groups is 2. The minimum Gasteiger partial charge on any atom is -0.462 e. The van der Waals surface area contributed by atoms with Gasteiger partial charge in [-0.15, -0.1) is 0 Å². The van der Waals surface area contributed by atoms with Crippen LogP contribution in [0.5, 0.6) is 0 Å². The number of carbonyl (C=O) groups excluding carboxylic acids is 2. The fraction of sp³-hybridized carbons (Fsp3) is 0.429. The second-order valence-corrected chi connectivity index (χ2v) is 9.47. The highest BCUT2D eigenvalue weighted by molar-refractivity contribution is 7.89. The molecule has 0 bridgehead atoms. The highest BCUT2D eigenvalue weighted by atomic mass is 32.2. The normalized spacial score (nSPS) is 17.5. The number of aryl methyl sites for hydroxylation is 1. The van der Waals surface area contributed by atoms with Gasteiger partial charge in [0.15, 0.2) is 0 Å². The predicted octanol–water partition coefficient (Wildman–Crippen LogP) is 2.87. The number of aromatic nitrogens is 1. The topological polar surface area (TPSA) is 97.7 Å². The first-order valence-corrected chi connectivity index (χ1v) is 11.4. The Morgan fingerprint density at radius 1 is 1.23 bits per heavy atom. The van der Waals surface area contributed by atoms with Gasteiger partial charge < -0.3 is 14.6 Å². The number of benzene rings is 1. The lowest BCUT2D eigenvalue weighted by Crippen LogP contribution is -2.38. The quantitative estimate of drug-likeness (QED) is 0.707. The van der Waals surface area contributed by atoms with E-state index in [9.17, 15) is 18.0 Å². The predicted molar refractivity (Wildman–Crippen MR) is 113 cm³/mol. The Bertz CT molecular complexity index is 1030. The van der Waals surface area contributed by atoms with Crippen molar-refractivity contribution in [3.05, 3.63) is 47.8 Å². The first kappa shape index (κ1) is 22.0. The minimum absolute atomic E-state index is 0.113. The van der Waals surface area contributed by atoms with E-state index in [4.69, 9.17) is 4.74 Å². The summed E-state index contributed by atoms with van der Waals surface area (Å²) in [6.45, 7) is 5.04. The highest BCUT2D eigenvalue weighted by Crippen LogP contribution is 2.25. The van der Waals surface area contributed by atoms with Gasteiger partial charge in [0.1, 0.15) is 10.6 Å². The van der Waals surface area contributed by atoms with Gasteiger partial charge in [-0.3, -0.25) is 4.79 Å². The Morgan fingerprint density at radius 2 is 1.93 bits per heavy atom. The highest BCUT2D eigenvalue weighted by Gasteiger charge is 2.30. The lowest BCUT2D eigenvalue weighted by atomic mass is 10.0. The summed E-state index contributed by atoms with van der Waals surface area (Å²) in [5.41, 5.74) is 1.11. The molecule has 9 heteroatoms. The van der Waals surface area contributed by atoms with Crippen LogP contribution >= 0.6 is 0 Å². The van der Waals surface area contributed by atoms with Crippen LogP contribution in [-0.4, -0.2) is 48.9 Å². The molecule has 1 N–H and O–H groups in total. The van der Waals surface area contributed by atoms with Crippen LogP contribution in [0.1, 0.15) is 47.5 Å². The van der Waals surface area contributed by atoms with E-state index in [0.29, 0.717) is 30.3 Å². The van der Waals surface area contributed by atoms with Gasteiger partial charge in [-0.1, -0.05) is 6.92 Å². The first-order valence-electron chi connectivity index (χ1n) is 9.97. The van der Waals surface area contributed by atoms with E-state index in [1.54, 1.807) is 38.2 Å². The van der Waals surface area contributed by atoms with Crippen LogP contribution in [0.4, 0.5) is 5.69 Å². The third kappa shape index (κ3) is 4.73. The van der Waals surface area contributed by atoms with Gasteiger partial charge in [0.05, 0.1) is 12.2 Å². The molecule has 162 valence electrons. The molecule has 1 saturated heterocycles. The van der Waals surface area contributed by atoms with Crippen LogP contribution in [0.25, 0.3) is 0 Å². The molecule has 0 spiro atoms. The average molecular weight is 434 g/mol. The van der Waals surface area contributed by atoms with Crippen LogP contribution in [0, 0.1) is 5.92 Å². The first-order chi connectivity index (χ1) is 14.2. The number of hydrogen-bond acceptors (Lipinski definition) is 5. The minimum atomic E-state index is -3.64. The molecular formula is C21H27N3O5S. The molecule has 1 fully saturated rings. The fourth-order valence-corrected chi connectivity index (χ4v) is 5.18. The van der Waals surface area contributed by atoms with Crippen molar-refractivity contribution in [2.45, 2.75) is 31.6 Å². The van der Waals surface area contributed by atoms with Crippen molar-refractivity contribution in [1.82, 2.24) is 8.87 Å². The van der Waals surface area contributed by atoms with E-state index in [1.165, 1.54) is 21.1 Å². The van der Waals surface area contributed by atoms with Gasteiger partial charge in [-0.25, -0.2) is 13.2 Å². The van der Waals surface area contributed by atoms with Crippen molar-refractivity contribution in [3.8, 4) is 0 Å². The Morgan fingerprint density at radius 3 is 2.57 bits per heavy atom. The van der Waals surface area contributed by atoms with E-state index >= 15 is 0 Å². The van der Waals surface area contributed by atoms with Gasteiger partial charge in [0.2, 0.25) is 10.0 Å². The maximum atomic E-state index is 13.0. The summed E-state index contributed by atoms with van der Waals surface area (Å²) in [5, 5.41) is 2.73. The number of piperidine rings is 1. The van der Waals surface area contributed by atoms with E-state index < -0.39 is 21.9 Å². The van der Waals surface area contributed by atoms with Crippen molar-refractivity contribution in [3.63, 3.8) is 0 Å². The molecule has 1 amide bonds. The van der Waals surface area contributed by atoms with Crippen molar-refractivity contribution >= 4 is 27.6 Å². The molecule has 2 heterocycles. The van der Waals surface area contributed by atoms with Crippen molar-refractivity contribution < 1.29 is 22.7 Å². The Balaban J connectivity index is 1.74. The number of sulfonamides is 1. The largest absolute Gasteiger partial charge is 0.462 e. The monoisotopic (exact) mass is 433 g/mol. The molecule has 1 aromatic carbocycles. The van der Waals surface area contributed by atoms with Crippen LogP contribution in [0.3, 0.4) is 0 Å². The Kier molecular flexibility index (Phi) is 6.62. The molecule has 30 heavy (non-hydrogen) atoms. The maximum Gasteiger partial charge on any atom is 0.338 e. The van der Waals surface area contributed by atoms with Crippen LogP contribution in [0.2, 0.25) is 0 Å². The molecule has 2 aromatic rings. The number of nitrogens with zero attached hydrogens (tertiary/aromatic N) is 2. The lowest BCUT2D eigenvalue weighted by Gasteiger charge is -2.29. The number of hydrogen-bond donors (Lipinski definition) is 1. The van der Waals surface area contributed by atoms with Crippen molar-refractivity contribution in [2.24, 2.45) is 13.0 Å². The van der Waals surface area contributed by atoms with E-state index in [1.807, 2.05) is 6.92 Å². The van der Waals surface area contributed by atoms with Crippen LogP contribution in [0.15, 0.2) is 41.4 Å². The molecule has 1 aliphatic heterocycles. The molecule has 1 aromatic heterocycles. The van der Waals surface area contributed by atoms with Gasteiger partial charge in [-0.2, -0.15) is 4.31 Å². The second-order valence-electron chi connectivity index (χ2n) is 7.53. The van der Waals surface area contributed by atoms with Gasteiger partial charge >= 0.3 is 5.97 Å². The number of esters is 1. The summed E-state index contributed by atoms with van der Waals surface area (Å²) in [7, 11) is -2.01. The molecular weight excluding hydrogens is 406 g/mol. The van der Waals surface area contributed by atoms with E-state index in [2.05, 4.69) is 5.32 Å². The molecule has 0 radical (unpaired) electrons. The smallest absolute Gasteiger partial charge is 0.338 e. The summed E-state index contributed by atoms with van der Waals surface area (Å²) in [5.74, 6) is -0.549. The number of nitrogens with one attached hydrogen (secondary N) is 1. The summed E-state index contributed by atoms with van der Waals surface area (Å²) >= 11 is 0. The van der Waals surface area contributed by atoms with E-state index in [0.717, 1.165) is 12.8 Å². The summed E-state index contributed by atoms with van der Waals surface area (Å²) in [6, 6.07) is 7.72. The summed E-state index contributed by atoms with van der Waals surface area (Å²) < 4.78 is 33.9. The van der Waals surface area contributed by atoms with E-state index in [-0.39, 0.29) is 17.2 Å². The van der Waals surface area contributed by atoms with Crippen LogP contribution in [-0.2, 0) is 21.8 Å². The zero-order valence-electron chi connectivity index (χ0n) is 17.4. The fourth-order valence-electron chi connectivity index (χ4n) is 3.51. The van der Waals surface area contributed by atoms with Crippen molar-refractivity contribution in [2.75, 3.05) is 25.0 Å².